The third-order valence-electron chi connectivity index (χ3n) is 4.31. The average Bonchev–Trinajstić information content (AvgIpc) is 2.87. The van der Waals surface area contributed by atoms with Gasteiger partial charge in [0.25, 0.3) is 0 Å². The predicted molar refractivity (Wildman–Crippen MR) is 102 cm³/mol. The summed E-state index contributed by atoms with van der Waals surface area (Å²) in [4.78, 5) is 0. The minimum absolute atomic E-state index is 0.686. The van der Waals surface area contributed by atoms with Gasteiger partial charge in [-0.15, -0.1) is 0 Å². The molecule has 2 heterocycles. The maximum absolute atomic E-state index is 5.81. The maximum atomic E-state index is 5.81. The third-order valence-corrected chi connectivity index (χ3v) is 4.31. The summed E-state index contributed by atoms with van der Waals surface area (Å²) in [7, 11) is 1.95. The summed E-state index contributed by atoms with van der Waals surface area (Å²) in [6, 6.07) is 6.05. The number of nitrogens with one attached hydrogen (secondary N) is 1. The first-order chi connectivity index (χ1) is 12.8. The largest absolute Gasteiger partial charge is 0.490 e. The molecule has 0 unspecified atom stereocenters. The molecule has 0 aliphatic carbocycles. The van der Waals surface area contributed by atoms with E-state index in [1.807, 2.05) is 29.9 Å². The zero-order valence-corrected chi connectivity index (χ0v) is 15.8. The van der Waals surface area contributed by atoms with E-state index in [4.69, 9.17) is 14.2 Å². The van der Waals surface area contributed by atoms with E-state index in [0.717, 1.165) is 67.5 Å². The number of aryl methyl sites for hydroxylation is 1. The van der Waals surface area contributed by atoms with Crippen molar-refractivity contribution in [2.45, 2.75) is 32.7 Å². The van der Waals surface area contributed by atoms with Gasteiger partial charge in [-0.2, -0.15) is 5.10 Å². The zero-order valence-electron chi connectivity index (χ0n) is 15.8. The normalized spacial score (nSPS) is 13.6. The van der Waals surface area contributed by atoms with Gasteiger partial charge in [0.15, 0.2) is 11.5 Å². The SMILES string of the molecule is CCCCOCCNCc1cn(C)nc1-c1ccc2c(c1)OCCCO2. The fraction of sp³-hybridized carbons (Fsp3) is 0.550. The molecule has 0 radical (unpaired) electrons. The van der Waals surface area contributed by atoms with Crippen LogP contribution in [0.25, 0.3) is 11.3 Å². The minimum Gasteiger partial charge on any atom is -0.490 e. The van der Waals surface area contributed by atoms with E-state index in [1.54, 1.807) is 0 Å². The van der Waals surface area contributed by atoms with E-state index in [2.05, 4.69) is 23.5 Å². The number of hydrogen-bond acceptors (Lipinski definition) is 5. The molecule has 26 heavy (non-hydrogen) atoms. The second kappa shape index (κ2) is 9.59. The highest BCUT2D eigenvalue weighted by molar-refractivity contribution is 5.66. The number of ether oxygens (including phenoxy) is 3. The zero-order chi connectivity index (χ0) is 18.2. The van der Waals surface area contributed by atoms with Gasteiger partial charge in [0.2, 0.25) is 0 Å². The van der Waals surface area contributed by atoms with Crippen molar-refractivity contribution in [1.29, 1.82) is 0 Å². The van der Waals surface area contributed by atoms with Gasteiger partial charge < -0.3 is 19.5 Å². The number of aromatic nitrogens is 2. The van der Waals surface area contributed by atoms with Crippen LogP contribution in [-0.4, -0.2) is 42.8 Å². The van der Waals surface area contributed by atoms with Crippen molar-refractivity contribution in [2.24, 2.45) is 7.05 Å². The van der Waals surface area contributed by atoms with Crippen LogP contribution in [0.1, 0.15) is 31.7 Å². The average molecular weight is 359 g/mol. The van der Waals surface area contributed by atoms with E-state index in [1.165, 1.54) is 6.42 Å². The molecule has 0 bridgehead atoms. The quantitative estimate of drug-likeness (QED) is 0.697. The first kappa shape index (κ1) is 18.7. The Morgan fingerprint density at radius 1 is 1.19 bits per heavy atom. The van der Waals surface area contributed by atoms with E-state index in [0.29, 0.717) is 13.2 Å². The van der Waals surface area contributed by atoms with Crippen molar-refractivity contribution in [1.82, 2.24) is 15.1 Å². The van der Waals surface area contributed by atoms with Gasteiger partial charge in [-0.25, -0.2) is 0 Å². The fourth-order valence-electron chi connectivity index (χ4n) is 2.94. The standard InChI is InChI=1S/C20H29N3O3/c1-3-4-9-24-12-8-21-14-17-15-23(2)22-20(17)16-6-7-18-19(13-16)26-11-5-10-25-18/h6-7,13,15,21H,3-5,8-12,14H2,1-2H3. The monoisotopic (exact) mass is 359 g/mol. The molecule has 1 aromatic heterocycles. The van der Waals surface area contributed by atoms with Crippen molar-refractivity contribution in [3.63, 3.8) is 0 Å². The van der Waals surface area contributed by atoms with Crippen LogP contribution in [0.2, 0.25) is 0 Å². The van der Waals surface area contributed by atoms with Gasteiger partial charge in [0.05, 0.1) is 25.5 Å². The molecule has 1 N–H and O–H groups in total. The van der Waals surface area contributed by atoms with Crippen molar-refractivity contribution in [3.05, 3.63) is 30.0 Å². The maximum Gasteiger partial charge on any atom is 0.161 e. The molecule has 2 aromatic rings. The Bertz CT molecular complexity index is 700. The Labute approximate surface area is 155 Å². The molecule has 0 amide bonds. The summed E-state index contributed by atoms with van der Waals surface area (Å²) in [5.74, 6) is 1.61. The summed E-state index contributed by atoms with van der Waals surface area (Å²) < 4.78 is 19.0. The number of unbranched alkanes of at least 4 members (excludes halogenated alkanes) is 1. The Hall–Kier alpha value is -2.05. The molecular formula is C20H29N3O3. The lowest BCUT2D eigenvalue weighted by Crippen LogP contribution is -2.19. The molecule has 0 saturated heterocycles. The lowest BCUT2D eigenvalue weighted by atomic mass is 10.1. The van der Waals surface area contributed by atoms with E-state index in [9.17, 15) is 0 Å². The lowest BCUT2D eigenvalue weighted by molar-refractivity contribution is 0.133. The molecule has 1 aliphatic rings. The van der Waals surface area contributed by atoms with E-state index in [-0.39, 0.29) is 0 Å². The highest BCUT2D eigenvalue weighted by atomic mass is 16.5. The molecule has 142 valence electrons. The molecule has 6 nitrogen and oxygen atoms in total. The van der Waals surface area contributed by atoms with Crippen molar-refractivity contribution < 1.29 is 14.2 Å². The molecule has 0 fully saturated rings. The highest BCUT2D eigenvalue weighted by Crippen LogP contribution is 2.34. The molecule has 0 spiro atoms. The van der Waals surface area contributed by atoms with Crippen LogP contribution in [0.5, 0.6) is 11.5 Å². The van der Waals surface area contributed by atoms with Crippen LogP contribution in [0.3, 0.4) is 0 Å². The number of nitrogens with zero attached hydrogens (tertiary/aromatic N) is 2. The van der Waals surface area contributed by atoms with Gasteiger partial charge in [-0.05, 0) is 24.6 Å². The number of benzene rings is 1. The molecule has 0 atom stereocenters. The van der Waals surface area contributed by atoms with E-state index >= 15 is 0 Å². The fourth-order valence-corrected chi connectivity index (χ4v) is 2.94. The van der Waals surface area contributed by atoms with Crippen LogP contribution in [0.15, 0.2) is 24.4 Å². The lowest BCUT2D eigenvalue weighted by Gasteiger charge is -2.10. The molecule has 3 rings (SSSR count). The van der Waals surface area contributed by atoms with Gasteiger partial charge in [-0.1, -0.05) is 13.3 Å². The van der Waals surface area contributed by atoms with Crippen LogP contribution in [-0.2, 0) is 18.3 Å². The minimum atomic E-state index is 0.686. The molecule has 6 heteroatoms. The molecule has 1 aromatic carbocycles. The topological polar surface area (TPSA) is 57.5 Å². The smallest absolute Gasteiger partial charge is 0.161 e. The van der Waals surface area contributed by atoms with Crippen molar-refractivity contribution >= 4 is 0 Å². The second-order valence-electron chi connectivity index (χ2n) is 6.53. The summed E-state index contributed by atoms with van der Waals surface area (Å²) >= 11 is 0. The molecular weight excluding hydrogens is 330 g/mol. The Morgan fingerprint density at radius 2 is 2.04 bits per heavy atom. The van der Waals surface area contributed by atoms with E-state index < -0.39 is 0 Å². The van der Waals surface area contributed by atoms with Crippen LogP contribution in [0, 0.1) is 0 Å². The predicted octanol–water partition coefficient (Wildman–Crippen LogP) is 3.15. The molecule has 0 saturated carbocycles. The number of rotatable bonds is 9. The van der Waals surface area contributed by atoms with Crippen molar-refractivity contribution in [3.8, 4) is 22.8 Å². The third kappa shape index (κ3) is 4.99. The first-order valence-electron chi connectivity index (χ1n) is 9.49. The summed E-state index contributed by atoms with van der Waals surface area (Å²) in [6.07, 6.45) is 5.26. The second-order valence-corrected chi connectivity index (χ2v) is 6.53. The Kier molecular flexibility index (Phi) is 6.91. The van der Waals surface area contributed by atoms with Gasteiger partial charge in [0, 0.05) is 50.5 Å². The number of hydrogen-bond donors (Lipinski definition) is 1. The van der Waals surface area contributed by atoms with Gasteiger partial charge >= 0.3 is 0 Å². The van der Waals surface area contributed by atoms with Gasteiger partial charge in [0.1, 0.15) is 0 Å². The van der Waals surface area contributed by atoms with Gasteiger partial charge in [-0.3, -0.25) is 4.68 Å². The molecule has 1 aliphatic heterocycles. The Balaban J connectivity index is 1.63. The summed E-state index contributed by atoms with van der Waals surface area (Å²) in [5.41, 5.74) is 3.18. The summed E-state index contributed by atoms with van der Waals surface area (Å²) in [6.45, 7) is 6.72. The van der Waals surface area contributed by atoms with Crippen LogP contribution >= 0.6 is 0 Å². The summed E-state index contributed by atoms with van der Waals surface area (Å²) in [5, 5.41) is 8.08. The van der Waals surface area contributed by atoms with Crippen LogP contribution < -0.4 is 14.8 Å². The Morgan fingerprint density at radius 3 is 2.88 bits per heavy atom. The van der Waals surface area contributed by atoms with Crippen molar-refractivity contribution in [2.75, 3.05) is 33.0 Å². The first-order valence-corrected chi connectivity index (χ1v) is 9.49. The number of fused-ring (bicyclic) bond motifs is 1. The van der Waals surface area contributed by atoms with Crippen LogP contribution in [0.4, 0.5) is 0 Å². The highest BCUT2D eigenvalue weighted by Gasteiger charge is 2.15.